The summed E-state index contributed by atoms with van der Waals surface area (Å²) in [4.78, 5) is 11.0. The largest absolute Gasteiger partial charge is 0.477 e. The van der Waals surface area contributed by atoms with E-state index in [1.54, 1.807) is 7.11 Å². The zero-order valence-corrected chi connectivity index (χ0v) is 14.6. The quantitative estimate of drug-likeness (QED) is 0.823. The fourth-order valence-corrected chi connectivity index (χ4v) is 6.30. The van der Waals surface area contributed by atoms with Crippen LogP contribution in [0.1, 0.15) is 22.5 Å². The molecule has 21 heavy (non-hydrogen) atoms. The summed E-state index contributed by atoms with van der Waals surface area (Å²) in [5, 5.41) is 8.98. The summed E-state index contributed by atoms with van der Waals surface area (Å²) in [5.41, 5.74) is 0. The maximum Gasteiger partial charge on any atom is 0.345 e. The third-order valence-corrected chi connectivity index (χ3v) is 7.47. The lowest BCUT2D eigenvalue weighted by molar-refractivity contribution is 0.0702. The summed E-state index contributed by atoms with van der Waals surface area (Å²) < 4.78 is 32.2. The number of halogens is 1. The van der Waals surface area contributed by atoms with Crippen molar-refractivity contribution >= 4 is 43.3 Å². The van der Waals surface area contributed by atoms with Crippen LogP contribution in [0.5, 0.6) is 0 Å². The summed E-state index contributed by atoms with van der Waals surface area (Å²) in [7, 11) is -2.08. The van der Waals surface area contributed by atoms with Crippen molar-refractivity contribution in [1.29, 1.82) is 0 Å². The average Bonchev–Trinajstić information content (AvgIpc) is 2.82. The highest BCUT2D eigenvalue weighted by atomic mass is 79.9. The number of sulfonamides is 1. The zero-order valence-electron chi connectivity index (χ0n) is 11.4. The Labute approximate surface area is 135 Å². The van der Waals surface area contributed by atoms with Crippen LogP contribution in [-0.2, 0) is 14.8 Å². The van der Waals surface area contributed by atoms with Gasteiger partial charge in [-0.15, -0.1) is 11.3 Å². The van der Waals surface area contributed by atoms with Gasteiger partial charge in [-0.1, -0.05) is 0 Å². The van der Waals surface area contributed by atoms with Gasteiger partial charge in [-0.3, -0.25) is 0 Å². The summed E-state index contributed by atoms with van der Waals surface area (Å²) in [6.45, 7) is 1.38. The first-order valence-corrected chi connectivity index (χ1v) is 9.43. The smallest absolute Gasteiger partial charge is 0.345 e. The Bertz CT molecular complexity index is 626. The van der Waals surface area contributed by atoms with E-state index in [0.717, 1.165) is 24.2 Å². The van der Waals surface area contributed by atoms with Crippen molar-refractivity contribution in [2.24, 2.45) is 5.92 Å². The fourth-order valence-electron chi connectivity index (χ4n) is 2.39. The van der Waals surface area contributed by atoms with E-state index in [1.165, 1.54) is 10.4 Å². The van der Waals surface area contributed by atoms with Gasteiger partial charge in [0.25, 0.3) is 0 Å². The first-order chi connectivity index (χ1) is 9.86. The average molecular weight is 398 g/mol. The second-order valence-electron chi connectivity index (χ2n) is 4.88. The minimum Gasteiger partial charge on any atom is -0.477 e. The third-order valence-electron chi connectivity index (χ3n) is 3.37. The number of rotatable bonds is 5. The zero-order chi connectivity index (χ0) is 15.6. The molecular weight excluding hydrogens is 382 g/mol. The van der Waals surface area contributed by atoms with E-state index in [4.69, 9.17) is 9.84 Å². The van der Waals surface area contributed by atoms with Crippen molar-refractivity contribution in [3.8, 4) is 0 Å². The van der Waals surface area contributed by atoms with Gasteiger partial charge in [0.2, 0.25) is 10.0 Å². The van der Waals surface area contributed by atoms with Gasteiger partial charge in [-0.25, -0.2) is 13.2 Å². The fraction of sp³-hybridized carbons (Fsp3) is 0.583. The molecule has 1 aromatic rings. The summed E-state index contributed by atoms with van der Waals surface area (Å²) >= 11 is 4.07. The van der Waals surface area contributed by atoms with Crippen molar-refractivity contribution in [2.45, 2.75) is 17.7 Å². The first-order valence-electron chi connectivity index (χ1n) is 6.38. The van der Waals surface area contributed by atoms with Crippen LogP contribution < -0.4 is 0 Å². The van der Waals surface area contributed by atoms with Gasteiger partial charge in [0.15, 0.2) is 0 Å². The van der Waals surface area contributed by atoms with Crippen LogP contribution in [0, 0.1) is 5.92 Å². The maximum absolute atomic E-state index is 12.7. The number of methoxy groups -OCH3 is 1. The van der Waals surface area contributed by atoms with Crippen molar-refractivity contribution in [1.82, 2.24) is 4.31 Å². The predicted molar refractivity (Wildman–Crippen MR) is 82.3 cm³/mol. The monoisotopic (exact) mass is 397 g/mol. The molecule has 1 atom stereocenters. The maximum atomic E-state index is 12.7. The normalized spacial score (nSPS) is 20.6. The van der Waals surface area contributed by atoms with Crippen molar-refractivity contribution in [3.05, 3.63) is 14.7 Å². The van der Waals surface area contributed by atoms with Crippen molar-refractivity contribution < 1.29 is 23.1 Å². The number of carboxylic acid groups (broad SMARTS) is 1. The topological polar surface area (TPSA) is 83.9 Å². The summed E-state index contributed by atoms with van der Waals surface area (Å²) in [6.07, 6.45) is 1.71. The Kier molecular flexibility index (Phi) is 5.42. The highest BCUT2D eigenvalue weighted by Crippen LogP contribution is 2.35. The summed E-state index contributed by atoms with van der Waals surface area (Å²) in [5.74, 6) is -0.951. The SMILES string of the molecule is COCC1CCCN(S(=O)(=O)c2cc(C(=O)O)sc2Br)C1. The molecule has 0 radical (unpaired) electrons. The lowest BCUT2D eigenvalue weighted by atomic mass is 10.0. The molecule has 118 valence electrons. The highest BCUT2D eigenvalue weighted by Gasteiger charge is 2.33. The number of nitrogens with zero attached hydrogens (tertiary/aromatic N) is 1. The minimum atomic E-state index is -3.68. The Morgan fingerprint density at radius 3 is 2.90 bits per heavy atom. The van der Waals surface area contributed by atoms with Crippen LogP contribution in [0.3, 0.4) is 0 Å². The van der Waals surface area contributed by atoms with Gasteiger partial charge < -0.3 is 9.84 Å². The van der Waals surface area contributed by atoms with Gasteiger partial charge in [0.05, 0.1) is 10.4 Å². The lowest BCUT2D eigenvalue weighted by Gasteiger charge is -2.31. The molecule has 0 spiro atoms. The third kappa shape index (κ3) is 3.65. The summed E-state index contributed by atoms with van der Waals surface area (Å²) in [6, 6.07) is 1.21. The number of aromatic carboxylic acids is 1. The molecule has 1 saturated heterocycles. The Balaban J connectivity index is 2.27. The van der Waals surface area contributed by atoms with Crippen LogP contribution in [0.15, 0.2) is 14.7 Å². The molecule has 2 rings (SSSR count). The van der Waals surface area contributed by atoms with Crippen LogP contribution in [-0.4, -0.2) is 50.6 Å². The van der Waals surface area contributed by atoms with Crippen LogP contribution in [0.4, 0.5) is 0 Å². The number of piperidine rings is 1. The predicted octanol–water partition coefficient (Wildman–Crippen LogP) is 2.26. The van der Waals surface area contributed by atoms with Crippen LogP contribution in [0.25, 0.3) is 0 Å². The van der Waals surface area contributed by atoms with Crippen LogP contribution in [0.2, 0.25) is 0 Å². The van der Waals surface area contributed by atoms with E-state index in [9.17, 15) is 13.2 Å². The lowest BCUT2D eigenvalue weighted by Crippen LogP contribution is -2.41. The molecule has 1 unspecified atom stereocenters. The van der Waals surface area contributed by atoms with Gasteiger partial charge in [0, 0.05) is 20.2 Å². The van der Waals surface area contributed by atoms with Crippen molar-refractivity contribution in [3.63, 3.8) is 0 Å². The highest BCUT2D eigenvalue weighted by molar-refractivity contribution is 9.11. The second-order valence-corrected chi connectivity index (χ2v) is 9.16. The number of thiophene rings is 1. The molecule has 0 amide bonds. The van der Waals surface area contributed by atoms with E-state index in [-0.39, 0.29) is 15.7 Å². The molecule has 1 N–H and O–H groups in total. The molecule has 1 aromatic heterocycles. The molecule has 2 heterocycles. The van der Waals surface area contributed by atoms with E-state index < -0.39 is 16.0 Å². The molecule has 9 heteroatoms. The number of carboxylic acids is 1. The van der Waals surface area contributed by atoms with E-state index in [2.05, 4.69) is 15.9 Å². The standard InChI is InChI=1S/C12H16BrNO5S2/c1-19-7-8-3-2-4-14(6-8)21(17,18)10-5-9(12(15)16)20-11(10)13/h5,8H,2-4,6-7H2,1H3,(H,15,16). The Hall–Kier alpha value is -0.480. The van der Waals surface area contributed by atoms with Crippen LogP contribution >= 0.6 is 27.3 Å². The number of ether oxygens (including phenoxy) is 1. The molecule has 0 aromatic carbocycles. The number of hydrogen-bond donors (Lipinski definition) is 1. The molecule has 0 saturated carbocycles. The Morgan fingerprint density at radius 2 is 2.33 bits per heavy atom. The molecule has 1 aliphatic rings. The molecule has 0 aliphatic carbocycles. The molecular formula is C12H16BrNO5S2. The first kappa shape index (κ1) is 16.9. The molecule has 6 nitrogen and oxygen atoms in total. The van der Waals surface area contributed by atoms with Gasteiger partial charge >= 0.3 is 5.97 Å². The molecule has 1 aliphatic heterocycles. The second kappa shape index (κ2) is 6.74. The van der Waals surface area contributed by atoms with Gasteiger partial charge in [0.1, 0.15) is 9.77 Å². The number of hydrogen-bond acceptors (Lipinski definition) is 5. The number of carbonyl (C=O) groups is 1. The molecule has 1 fully saturated rings. The molecule has 0 bridgehead atoms. The van der Waals surface area contributed by atoms with Crippen molar-refractivity contribution in [2.75, 3.05) is 26.8 Å². The van der Waals surface area contributed by atoms with Gasteiger partial charge in [-0.05, 0) is 40.8 Å². The van der Waals surface area contributed by atoms with E-state index in [1.807, 2.05) is 0 Å². The minimum absolute atomic E-state index is 0.00546. The van der Waals surface area contributed by atoms with Gasteiger partial charge in [-0.2, -0.15) is 4.31 Å². The van der Waals surface area contributed by atoms with E-state index in [0.29, 0.717) is 23.5 Å². The Morgan fingerprint density at radius 1 is 1.62 bits per heavy atom. The van der Waals surface area contributed by atoms with E-state index >= 15 is 0 Å².